The third kappa shape index (κ3) is 1.94. The normalized spacial score (nSPS) is 13.5. The van der Waals surface area contributed by atoms with E-state index in [0.29, 0.717) is 10.7 Å². The number of imide groups is 1. The predicted molar refractivity (Wildman–Crippen MR) is 73.1 cm³/mol. The average molecular weight is 309 g/mol. The highest BCUT2D eigenvalue weighted by Crippen LogP contribution is 2.23. The SMILES string of the molecule is O=C(ON1C(=O)c2ccccc2C1=O)c1ccc2nnnn2c1. The van der Waals surface area contributed by atoms with E-state index in [1.54, 1.807) is 12.1 Å². The van der Waals surface area contributed by atoms with Gasteiger partial charge in [-0.1, -0.05) is 17.2 Å². The molecule has 9 nitrogen and oxygen atoms in total. The molecule has 0 N–H and O–H groups in total. The van der Waals surface area contributed by atoms with Gasteiger partial charge in [0.1, 0.15) is 0 Å². The van der Waals surface area contributed by atoms with Gasteiger partial charge < -0.3 is 4.84 Å². The third-order valence-corrected chi connectivity index (χ3v) is 3.36. The van der Waals surface area contributed by atoms with Crippen molar-refractivity contribution in [1.29, 1.82) is 0 Å². The summed E-state index contributed by atoms with van der Waals surface area (Å²) in [6.45, 7) is 0. The number of hydrogen-bond acceptors (Lipinski definition) is 7. The van der Waals surface area contributed by atoms with E-state index in [4.69, 9.17) is 4.84 Å². The van der Waals surface area contributed by atoms with Crippen molar-refractivity contribution in [1.82, 2.24) is 25.1 Å². The molecule has 0 unspecified atom stereocenters. The number of benzene rings is 1. The van der Waals surface area contributed by atoms with Crippen LogP contribution in [0.15, 0.2) is 42.6 Å². The molecular formula is C14H7N5O4. The highest BCUT2D eigenvalue weighted by atomic mass is 16.7. The number of nitrogens with zero attached hydrogens (tertiary/aromatic N) is 5. The van der Waals surface area contributed by atoms with Crippen LogP contribution in [0, 0.1) is 0 Å². The smallest absolute Gasteiger partial charge is 0.324 e. The lowest BCUT2D eigenvalue weighted by molar-refractivity contribution is -0.0584. The lowest BCUT2D eigenvalue weighted by Crippen LogP contribution is -2.32. The molecule has 112 valence electrons. The minimum atomic E-state index is -0.864. The van der Waals surface area contributed by atoms with Crippen molar-refractivity contribution in [3.8, 4) is 0 Å². The van der Waals surface area contributed by atoms with Crippen LogP contribution in [0.1, 0.15) is 31.1 Å². The van der Waals surface area contributed by atoms with Gasteiger partial charge in [-0.05, 0) is 34.7 Å². The van der Waals surface area contributed by atoms with E-state index in [1.807, 2.05) is 0 Å². The molecule has 3 aromatic rings. The Balaban J connectivity index is 1.62. The summed E-state index contributed by atoms with van der Waals surface area (Å²) in [5, 5.41) is 11.3. The Kier molecular flexibility index (Phi) is 2.67. The van der Waals surface area contributed by atoms with Crippen molar-refractivity contribution in [3.63, 3.8) is 0 Å². The van der Waals surface area contributed by atoms with Crippen LogP contribution in [0.4, 0.5) is 0 Å². The van der Waals surface area contributed by atoms with Gasteiger partial charge in [0.15, 0.2) is 5.65 Å². The number of pyridine rings is 1. The van der Waals surface area contributed by atoms with Crippen molar-refractivity contribution in [2.45, 2.75) is 0 Å². The molecule has 1 aliphatic heterocycles. The Morgan fingerprint density at radius 3 is 2.39 bits per heavy atom. The number of carbonyl (C=O) groups is 3. The van der Waals surface area contributed by atoms with E-state index in [0.717, 1.165) is 0 Å². The second kappa shape index (κ2) is 4.70. The maximum absolute atomic E-state index is 12.2. The van der Waals surface area contributed by atoms with Crippen molar-refractivity contribution in [3.05, 3.63) is 59.3 Å². The first-order chi connectivity index (χ1) is 11.1. The number of tetrazole rings is 1. The summed E-state index contributed by atoms with van der Waals surface area (Å²) >= 11 is 0. The van der Waals surface area contributed by atoms with Crippen LogP contribution in [0.2, 0.25) is 0 Å². The van der Waals surface area contributed by atoms with Crippen LogP contribution >= 0.6 is 0 Å². The molecule has 0 radical (unpaired) electrons. The maximum Gasteiger partial charge on any atom is 0.365 e. The van der Waals surface area contributed by atoms with Crippen LogP contribution in [-0.2, 0) is 4.84 Å². The fourth-order valence-corrected chi connectivity index (χ4v) is 2.25. The second-order valence-electron chi connectivity index (χ2n) is 4.73. The lowest BCUT2D eigenvalue weighted by Gasteiger charge is -2.12. The number of rotatable bonds is 2. The first kappa shape index (κ1) is 13.1. The van der Waals surface area contributed by atoms with Crippen LogP contribution < -0.4 is 0 Å². The number of hydrogen-bond donors (Lipinski definition) is 0. The molecule has 0 saturated heterocycles. The number of fused-ring (bicyclic) bond motifs is 2. The molecule has 0 bridgehead atoms. The van der Waals surface area contributed by atoms with Crippen LogP contribution in [0.25, 0.3) is 5.65 Å². The number of carbonyl (C=O) groups excluding carboxylic acids is 3. The summed E-state index contributed by atoms with van der Waals surface area (Å²) in [5.41, 5.74) is 0.936. The van der Waals surface area contributed by atoms with E-state index >= 15 is 0 Å². The van der Waals surface area contributed by atoms with Gasteiger partial charge in [-0.15, -0.1) is 5.10 Å². The van der Waals surface area contributed by atoms with Gasteiger partial charge in [-0.25, -0.2) is 4.79 Å². The molecule has 0 fully saturated rings. The zero-order chi connectivity index (χ0) is 16.0. The summed E-state index contributed by atoms with van der Waals surface area (Å²) in [4.78, 5) is 41.4. The molecule has 4 rings (SSSR count). The topological polar surface area (TPSA) is 107 Å². The van der Waals surface area contributed by atoms with Gasteiger partial charge in [0.2, 0.25) is 0 Å². The Morgan fingerprint density at radius 2 is 1.70 bits per heavy atom. The van der Waals surface area contributed by atoms with E-state index in [9.17, 15) is 14.4 Å². The largest absolute Gasteiger partial charge is 0.365 e. The molecule has 2 aromatic heterocycles. The maximum atomic E-state index is 12.2. The van der Waals surface area contributed by atoms with Gasteiger partial charge >= 0.3 is 5.97 Å². The zero-order valence-electron chi connectivity index (χ0n) is 11.4. The number of aromatic nitrogens is 4. The minimum Gasteiger partial charge on any atom is -0.324 e. The molecule has 1 aliphatic rings. The highest BCUT2D eigenvalue weighted by Gasteiger charge is 2.38. The Morgan fingerprint density at radius 1 is 1.00 bits per heavy atom. The van der Waals surface area contributed by atoms with Crippen molar-refractivity contribution < 1.29 is 19.2 Å². The molecule has 1 aromatic carbocycles. The fraction of sp³-hybridized carbons (Fsp3) is 0. The van der Waals surface area contributed by atoms with Gasteiger partial charge in [0.25, 0.3) is 11.8 Å². The molecule has 0 atom stereocenters. The molecule has 0 spiro atoms. The molecule has 9 heteroatoms. The van der Waals surface area contributed by atoms with Crippen molar-refractivity contribution >= 4 is 23.4 Å². The highest BCUT2D eigenvalue weighted by molar-refractivity contribution is 6.21. The summed E-state index contributed by atoms with van der Waals surface area (Å²) in [5.74, 6) is -2.22. The molecule has 3 heterocycles. The van der Waals surface area contributed by atoms with Crippen LogP contribution in [-0.4, -0.2) is 42.9 Å². The molecule has 0 aliphatic carbocycles. The average Bonchev–Trinajstić information content (AvgIpc) is 3.13. The fourth-order valence-electron chi connectivity index (χ4n) is 2.25. The summed E-state index contributed by atoms with van der Waals surface area (Å²) in [6, 6.07) is 9.19. The van der Waals surface area contributed by atoms with E-state index in [-0.39, 0.29) is 16.7 Å². The number of amides is 2. The quantitative estimate of drug-likeness (QED) is 0.634. The van der Waals surface area contributed by atoms with E-state index in [1.165, 1.54) is 35.0 Å². The zero-order valence-corrected chi connectivity index (χ0v) is 11.4. The monoisotopic (exact) mass is 309 g/mol. The van der Waals surface area contributed by atoms with Crippen LogP contribution in [0.3, 0.4) is 0 Å². The van der Waals surface area contributed by atoms with Gasteiger partial charge in [0.05, 0.1) is 16.7 Å². The Labute approximate surface area is 128 Å². The second-order valence-corrected chi connectivity index (χ2v) is 4.73. The number of hydroxylamine groups is 2. The molecule has 2 amide bonds. The Bertz CT molecular complexity index is 945. The van der Waals surface area contributed by atoms with E-state index < -0.39 is 17.8 Å². The summed E-state index contributed by atoms with van der Waals surface area (Å²) in [7, 11) is 0. The molecule has 23 heavy (non-hydrogen) atoms. The lowest BCUT2D eigenvalue weighted by atomic mass is 10.1. The summed E-state index contributed by atoms with van der Waals surface area (Å²) < 4.78 is 1.28. The van der Waals surface area contributed by atoms with Crippen LogP contribution in [0.5, 0.6) is 0 Å². The van der Waals surface area contributed by atoms with Gasteiger partial charge in [-0.3, -0.25) is 9.59 Å². The molecular weight excluding hydrogens is 302 g/mol. The van der Waals surface area contributed by atoms with Gasteiger partial charge in [0, 0.05) is 6.20 Å². The van der Waals surface area contributed by atoms with Gasteiger partial charge in [-0.2, -0.15) is 4.52 Å². The molecule has 0 saturated carbocycles. The first-order valence-electron chi connectivity index (χ1n) is 6.53. The van der Waals surface area contributed by atoms with E-state index in [2.05, 4.69) is 15.5 Å². The predicted octanol–water partition coefficient (Wildman–Crippen LogP) is 0.492. The van der Waals surface area contributed by atoms with Crippen molar-refractivity contribution in [2.24, 2.45) is 0 Å². The summed E-state index contributed by atoms with van der Waals surface area (Å²) in [6.07, 6.45) is 1.34. The third-order valence-electron chi connectivity index (χ3n) is 3.36. The van der Waals surface area contributed by atoms with Crippen molar-refractivity contribution in [2.75, 3.05) is 0 Å². The minimum absolute atomic E-state index is 0.0985. The Hall–Kier alpha value is -3.62. The first-order valence-corrected chi connectivity index (χ1v) is 6.53. The standard InChI is InChI=1S/C14H7N5O4/c20-12-9-3-1-2-4-10(9)13(21)19(12)23-14(22)8-5-6-11-15-16-17-18(11)7-8/h1-7H.